The maximum Gasteiger partial charge on any atom is 0.240 e. The van der Waals surface area contributed by atoms with Gasteiger partial charge < -0.3 is 0 Å². The lowest BCUT2D eigenvalue weighted by Crippen LogP contribution is -2.48. The molecule has 2 fully saturated rings. The second kappa shape index (κ2) is 6.61. The van der Waals surface area contributed by atoms with Gasteiger partial charge in [0.25, 0.3) is 0 Å². The molecular formula is C25H25N3O3. The number of nitrogens with zero attached hydrogens (tertiary/aromatic N) is 3. The van der Waals surface area contributed by atoms with E-state index < -0.39 is 29.3 Å². The van der Waals surface area contributed by atoms with E-state index in [4.69, 9.17) is 0 Å². The van der Waals surface area contributed by atoms with Crippen molar-refractivity contribution in [3.8, 4) is 0 Å². The molecule has 5 rings (SSSR count). The maximum atomic E-state index is 13.7. The summed E-state index contributed by atoms with van der Waals surface area (Å²) in [5.74, 6) is -2.06. The van der Waals surface area contributed by atoms with Crippen LogP contribution in [-0.4, -0.2) is 34.9 Å². The smallest absolute Gasteiger partial charge is 0.240 e. The summed E-state index contributed by atoms with van der Waals surface area (Å²) in [6.45, 7) is 7.49. The van der Waals surface area contributed by atoms with E-state index >= 15 is 0 Å². The molecule has 0 aliphatic carbocycles. The number of imide groups is 1. The summed E-state index contributed by atoms with van der Waals surface area (Å²) in [4.78, 5) is 42.1. The van der Waals surface area contributed by atoms with Crippen LogP contribution in [0.4, 0.5) is 5.69 Å². The highest BCUT2D eigenvalue weighted by Gasteiger charge is 2.66. The first-order valence-corrected chi connectivity index (χ1v) is 10.6. The standard InChI is InChI=1S/C25H25N3O3/c1-14-9-11-16(12-10-14)27-23(30)18-19(24(27)31)21(22(29)25(2,3)4)28-20(18)17-8-6-5-7-15(17)13-26-28/h5-13,18-21H,1-4H3/t18-,19-,20-,21+/m1/s1. The van der Waals surface area contributed by atoms with Crippen LogP contribution < -0.4 is 4.90 Å². The predicted octanol–water partition coefficient (Wildman–Crippen LogP) is 3.49. The van der Waals surface area contributed by atoms with Gasteiger partial charge in [-0.2, -0.15) is 5.10 Å². The third-order valence-corrected chi connectivity index (χ3v) is 6.59. The van der Waals surface area contributed by atoms with Gasteiger partial charge in [0.1, 0.15) is 6.04 Å². The Labute approximate surface area is 181 Å². The van der Waals surface area contributed by atoms with Crippen LogP contribution in [0.15, 0.2) is 53.6 Å². The summed E-state index contributed by atoms with van der Waals surface area (Å²) in [5, 5.41) is 6.29. The summed E-state index contributed by atoms with van der Waals surface area (Å²) >= 11 is 0. The molecule has 31 heavy (non-hydrogen) atoms. The van der Waals surface area contributed by atoms with Crippen molar-refractivity contribution < 1.29 is 14.4 Å². The van der Waals surface area contributed by atoms with Crippen LogP contribution in [0.1, 0.15) is 43.5 Å². The van der Waals surface area contributed by atoms with Crippen LogP contribution in [0.3, 0.4) is 0 Å². The van der Waals surface area contributed by atoms with Crippen molar-refractivity contribution >= 4 is 29.5 Å². The lowest BCUT2D eigenvalue weighted by atomic mass is 9.79. The minimum Gasteiger partial charge on any atom is -0.297 e. The lowest BCUT2D eigenvalue weighted by Gasteiger charge is -2.35. The number of benzene rings is 2. The van der Waals surface area contributed by atoms with Gasteiger partial charge in [-0.1, -0.05) is 62.7 Å². The minimum absolute atomic E-state index is 0.0755. The number of fused-ring (bicyclic) bond motifs is 5. The molecule has 0 aromatic heterocycles. The molecule has 4 atom stereocenters. The molecule has 0 radical (unpaired) electrons. The van der Waals surface area contributed by atoms with E-state index in [0.29, 0.717) is 5.69 Å². The Morgan fingerprint density at radius 2 is 1.58 bits per heavy atom. The molecule has 2 amide bonds. The highest BCUT2D eigenvalue weighted by molar-refractivity contribution is 6.24. The highest BCUT2D eigenvalue weighted by atomic mass is 16.2. The number of hydrazone groups is 1. The van der Waals surface area contributed by atoms with Crippen molar-refractivity contribution in [1.29, 1.82) is 0 Å². The molecule has 158 valence electrons. The zero-order valence-corrected chi connectivity index (χ0v) is 18.1. The Balaban J connectivity index is 1.66. The molecule has 2 aromatic rings. The summed E-state index contributed by atoms with van der Waals surface area (Å²) < 4.78 is 0. The molecule has 0 saturated carbocycles. The van der Waals surface area contributed by atoms with Crippen molar-refractivity contribution in [3.63, 3.8) is 0 Å². The Morgan fingerprint density at radius 3 is 2.26 bits per heavy atom. The third kappa shape index (κ3) is 2.77. The number of carbonyl (C=O) groups is 3. The fraction of sp³-hybridized carbons (Fsp3) is 0.360. The summed E-state index contributed by atoms with van der Waals surface area (Å²) in [6.07, 6.45) is 1.72. The molecule has 3 aliphatic rings. The van der Waals surface area contributed by atoms with Crippen molar-refractivity contribution in [2.45, 2.75) is 39.8 Å². The van der Waals surface area contributed by atoms with Crippen LogP contribution in [0.25, 0.3) is 0 Å². The second-order valence-electron chi connectivity index (χ2n) is 9.66. The Hall–Kier alpha value is -3.28. The predicted molar refractivity (Wildman–Crippen MR) is 118 cm³/mol. The van der Waals surface area contributed by atoms with Gasteiger partial charge >= 0.3 is 0 Å². The Bertz CT molecular complexity index is 1130. The van der Waals surface area contributed by atoms with Gasteiger partial charge in [-0.15, -0.1) is 0 Å². The van der Waals surface area contributed by atoms with Gasteiger partial charge in [0, 0.05) is 5.41 Å². The molecule has 6 nitrogen and oxygen atoms in total. The first kappa shape index (κ1) is 19.7. The van der Waals surface area contributed by atoms with Gasteiger partial charge in [0.15, 0.2) is 5.78 Å². The molecule has 0 unspecified atom stereocenters. The molecule has 3 heterocycles. The average Bonchev–Trinajstić information content (AvgIpc) is 3.20. The highest BCUT2D eigenvalue weighted by Crippen LogP contribution is 2.53. The third-order valence-electron chi connectivity index (χ3n) is 6.59. The first-order valence-electron chi connectivity index (χ1n) is 10.6. The van der Waals surface area contributed by atoms with E-state index in [9.17, 15) is 14.4 Å². The van der Waals surface area contributed by atoms with E-state index in [-0.39, 0.29) is 17.6 Å². The van der Waals surface area contributed by atoms with Crippen molar-refractivity contribution in [2.75, 3.05) is 4.90 Å². The zero-order valence-electron chi connectivity index (χ0n) is 18.1. The van der Waals surface area contributed by atoms with E-state index in [1.165, 1.54) is 4.90 Å². The maximum absolute atomic E-state index is 13.7. The van der Waals surface area contributed by atoms with Gasteiger partial charge in [0.2, 0.25) is 11.8 Å². The fourth-order valence-corrected chi connectivity index (χ4v) is 5.06. The number of hydrogen-bond acceptors (Lipinski definition) is 5. The van der Waals surface area contributed by atoms with Crippen LogP contribution in [0.5, 0.6) is 0 Å². The molecule has 6 heteroatoms. The van der Waals surface area contributed by atoms with Crippen molar-refractivity contribution in [3.05, 3.63) is 65.2 Å². The summed E-state index contributed by atoms with van der Waals surface area (Å²) in [7, 11) is 0. The number of amides is 2. The van der Waals surface area contributed by atoms with E-state index in [0.717, 1.165) is 16.7 Å². The number of ketones is 1. The quantitative estimate of drug-likeness (QED) is 0.704. The largest absolute Gasteiger partial charge is 0.297 e. The summed E-state index contributed by atoms with van der Waals surface area (Å²) in [5.41, 5.74) is 2.78. The van der Waals surface area contributed by atoms with E-state index in [1.54, 1.807) is 23.4 Å². The molecule has 0 spiro atoms. The number of aryl methyl sites for hydroxylation is 1. The number of carbonyl (C=O) groups excluding carboxylic acids is 3. The van der Waals surface area contributed by atoms with Gasteiger partial charge in [-0.25, -0.2) is 4.90 Å². The van der Waals surface area contributed by atoms with Crippen molar-refractivity contribution in [2.24, 2.45) is 22.4 Å². The lowest BCUT2D eigenvalue weighted by molar-refractivity contribution is -0.136. The SMILES string of the molecule is Cc1ccc(N2C(=O)[C@@H]3[C@@H](C2=O)[C@H]2c4ccccc4C=NN2[C@@H]3C(=O)C(C)(C)C)cc1. The number of anilines is 1. The Morgan fingerprint density at radius 1 is 0.935 bits per heavy atom. The van der Waals surface area contributed by atoms with E-state index in [2.05, 4.69) is 5.10 Å². The average molecular weight is 415 g/mol. The Kier molecular flexibility index (Phi) is 4.19. The molecule has 3 aliphatic heterocycles. The van der Waals surface area contributed by atoms with Gasteiger partial charge in [-0.3, -0.25) is 19.4 Å². The zero-order chi connectivity index (χ0) is 22.1. The van der Waals surface area contributed by atoms with Gasteiger partial charge in [-0.05, 0) is 30.2 Å². The monoisotopic (exact) mass is 415 g/mol. The number of hydrogen-bond donors (Lipinski definition) is 0. The first-order chi connectivity index (χ1) is 14.7. The van der Waals surface area contributed by atoms with Crippen LogP contribution in [-0.2, 0) is 14.4 Å². The van der Waals surface area contributed by atoms with Crippen LogP contribution in [0.2, 0.25) is 0 Å². The topological polar surface area (TPSA) is 70.1 Å². The summed E-state index contributed by atoms with van der Waals surface area (Å²) in [6, 6.07) is 13.9. The molecule has 0 N–H and O–H groups in total. The van der Waals surface area contributed by atoms with Crippen LogP contribution in [0, 0.1) is 24.2 Å². The molecule has 2 saturated heterocycles. The van der Waals surface area contributed by atoms with Gasteiger partial charge in [0.05, 0.1) is 29.8 Å². The fourth-order valence-electron chi connectivity index (χ4n) is 5.06. The van der Waals surface area contributed by atoms with Crippen LogP contribution >= 0.6 is 0 Å². The van der Waals surface area contributed by atoms with E-state index in [1.807, 2.05) is 64.1 Å². The van der Waals surface area contributed by atoms with Crippen molar-refractivity contribution in [1.82, 2.24) is 5.01 Å². The molecular weight excluding hydrogens is 390 g/mol. The number of Topliss-reactive ketones (excluding diaryl/α,β-unsaturated/α-hetero) is 1. The number of rotatable bonds is 2. The minimum atomic E-state index is -0.772. The molecule has 0 bridgehead atoms. The second-order valence-corrected chi connectivity index (χ2v) is 9.66. The normalized spacial score (nSPS) is 26.7. The molecule has 2 aromatic carbocycles.